The number of ether oxygens (including phenoxy) is 2. The average molecular weight is 364 g/mol. The molecule has 9 heteroatoms. The number of carboxylic acids is 1. The molecule has 1 aliphatic heterocycles. The summed E-state index contributed by atoms with van der Waals surface area (Å²) in [5.41, 5.74) is 0.558. The molecule has 0 radical (unpaired) electrons. The van der Waals surface area contributed by atoms with Crippen molar-refractivity contribution in [2.75, 3.05) is 18.5 Å². The van der Waals surface area contributed by atoms with E-state index >= 15 is 0 Å². The van der Waals surface area contributed by atoms with E-state index in [1.807, 2.05) is 0 Å². The van der Waals surface area contributed by atoms with Crippen LogP contribution in [0.4, 0.5) is 10.5 Å². The van der Waals surface area contributed by atoms with E-state index < -0.39 is 17.9 Å². The van der Waals surface area contributed by atoms with Crippen LogP contribution in [-0.2, 0) is 0 Å². The van der Waals surface area contributed by atoms with E-state index in [4.69, 9.17) is 9.47 Å². The maximum atomic E-state index is 12.1. The van der Waals surface area contributed by atoms with Gasteiger partial charge in [0.15, 0.2) is 11.5 Å². The number of fused-ring (bicyclic) bond motifs is 1. The van der Waals surface area contributed by atoms with Crippen molar-refractivity contribution in [3.63, 3.8) is 0 Å². The van der Waals surface area contributed by atoms with Gasteiger partial charge in [-0.05, 0) is 35.9 Å². The minimum atomic E-state index is -1.32. The van der Waals surface area contributed by atoms with Crippen molar-refractivity contribution in [1.29, 1.82) is 0 Å². The Morgan fingerprint density at radius 2 is 1.50 bits per heavy atom. The topological polar surface area (TPSA) is 117 Å². The maximum absolute atomic E-state index is 12.1. The second-order valence-electron chi connectivity index (χ2n) is 5.13. The Labute approximate surface area is 170 Å². The number of carboxylic acid groups (broad SMARTS) is 1. The van der Waals surface area contributed by atoms with Crippen LogP contribution in [0.5, 0.6) is 11.5 Å². The largest absolute Gasteiger partial charge is 1.00 e. The standard InChI is InChI=1S/C17H14N2O6.Na/c20-15(11-3-6-13-14(9-11)25-8-7-24-13)19-17(23)18-12-4-1-10(2-5-12)16(21)22;/h1-6,9H,7-8H2,(H,21,22)(H2,18,19,20,23);/q;+1/p-1. The van der Waals surface area contributed by atoms with Gasteiger partial charge in [0, 0.05) is 11.3 Å². The molecule has 0 atom stereocenters. The minimum Gasteiger partial charge on any atom is -0.545 e. The summed E-state index contributed by atoms with van der Waals surface area (Å²) in [6.45, 7) is 0.831. The number of aromatic carboxylic acids is 1. The van der Waals surface area contributed by atoms with Crippen LogP contribution in [0.1, 0.15) is 20.7 Å². The second-order valence-corrected chi connectivity index (χ2v) is 5.13. The Hall–Kier alpha value is -2.55. The fourth-order valence-electron chi connectivity index (χ4n) is 2.21. The molecule has 26 heavy (non-hydrogen) atoms. The fourth-order valence-corrected chi connectivity index (χ4v) is 2.21. The third kappa shape index (κ3) is 4.75. The minimum absolute atomic E-state index is 0. The fraction of sp³-hybridized carbons (Fsp3) is 0.118. The summed E-state index contributed by atoms with van der Waals surface area (Å²) in [6.07, 6.45) is 0. The molecule has 1 heterocycles. The van der Waals surface area contributed by atoms with Crippen LogP contribution in [0.2, 0.25) is 0 Å². The van der Waals surface area contributed by atoms with Crippen LogP contribution >= 0.6 is 0 Å². The van der Waals surface area contributed by atoms with Gasteiger partial charge in [0.1, 0.15) is 13.2 Å². The SMILES string of the molecule is O=C(NC(=O)c1ccc2c(c1)OCCO2)Nc1ccc(C(=O)[O-])cc1.[Na+]. The predicted molar refractivity (Wildman–Crippen MR) is 84.7 cm³/mol. The van der Waals surface area contributed by atoms with Crippen LogP contribution < -0.4 is 54.8 Å². The first-order valence-electron chi connectivity index (χ1n) is 7.36. The first-order valence-corrected chi connectivity index (χ1v) is 7.36. The number of carbonyl (C=O) groups excluding carboxylic acids is 3. The molecule has 0 unspecified atom stereocenters. The molecular weight excluding hydrogens is 351 g/mol. The van der Waals surface area contributed by atoms with Crippen molar-refractivity contribution in [3.05, 3.63) is 53.6 Å². The van der Waals surface area contributed by atoms with Crippen LogP contribution in [0, 0.1) is 0 Å². The molecule has 0 saturated carbocycles. The zero-order chi connectivity index (χ0) is 17.8. The van der Waals surface area contributed by atoms with Gasteiger partial charge in [0.25, 0.3) is 5.91 Å². The molecular formula is C17H13N2NaO6. The Bertz CT molecular complexity index is 838. The molecule has 0 fully saturated rings. The Kier molecular flexibility index (Phi) is 6.62. The van der Waals surface area contributed by atoms with Crippen molar-refractivity contribution in [1.82, 2.24) is 5.32 Å². The second kappa shape index (κ2) is 8.70. The first kappa shape index (κ1) is 19.8. The number of urea groups is 1. The van der Waals surface area contributed by atoms with E-state index in [1.54, 1.807) is 6.07 Å². The number of anilines is 1. The van der Waals surface area contributed by atoms with Crippen LogP contribution in [-0.4, -0.2) is 31.1 Å². The number of carbonyl (C=O) groups is 3. The summed E-state index contributed by atoms with van der Waals surface area (Å²) >= 11 is 0. The van der Waals surface area contributed by atoms with Crippen molar-refractivity contribution < 1.29 is 58.5 Å². The van der Waals surface area contributed by atoms with Gasteiger partial charge in [-0.2, -0.15) is 0 Å². The van der Waals surface area contributed by atoms with E-state index in [0.29, 0.717) is 30.4 Å². The molecule has 0 spiro atoms. The predicted octanol–water partition coefficient (Wildman–Crippen LogP) is -2.21. The van der Waals surface area contributed by atoms with Gasteiger partial charge in [-0.15, -0.1) is 0 Å². The quantitative estimate of drug-likeness (QED) is 0.597. The number of hydrogen-bond acceptors (Lipinski definition) is 6. The van der Waals surface area contributed by atoms with E-state index in [2.05, 4.69) is 10.6 Å². The normalized spacial score (nSPS) is 11.7. The first-order chi connectivity index (χ1) is 12.0. The van der Waals surface area contributed by atoms with Crippen LogP contribution in [0.3, 0.4) is 0 Å². The third-order valence-corrected chi connectivity index (χ3v) is 3.41. The Morgan fingerprint density at radius 3 is 2.15 bits per heavy atom. The Balaban J connectivity index is 0.00000243. The summed E-state index contributed by atoms with van der Waals surface area (Å²) in [6, 6.07) is 9.21. The van der Waals surface area contributed by atoms with Gasteiger partial charge in [0.2, 0.25) is 0 Å². The van der Waals surface area contributed by atoms with Gasteiger partial charge in [-0.3, -0.25) is 10.1 Å². The van der Waals surface area contributed by atoms with Crippen LogP contribution in [0.15, 0.2) is 42.5 Å². The molecule has 1 aliphatic rings. The summed E-state index contributed by atoms with van der Waals surface area (Å²) in [7, 11) is 0. The maximum Gasteiger partial charge on any atom is 1.00 e. The van der Waals surface area contributed by atoms with Gasteiger partial charge >= 0.3 is 35.6 Å². The zero-order valence-electron chi connectivity index (χ0n) is 13.9. The van der Waals surface area contributed by atoms with E-state index in [0.717, 1.165) is 0 Å². The number of amides is 3. The molecule has 128 valence electrons. The van der Waals surface area contributed by atoms with Crippen molar-refractivity contribution >= 4 is 23.6 Å². The monoisotopic (exact) mass is 364 g/mol. The van der Waals surface area contributed by atoms with E-state index in [-0.39, 0.29) is 40.7 Å². The van der Waals surface area contributed by atoms with Gasteiger partial charge < -0.3 is 24.7 Å². The molecule has 3 amide bonds. The third-order valence-electron chi connectivity index (χ3n) is 3.41. The molecule has 3 rings (SSSR count). The smallest absolute Gasteiger partial charge is 0.545 e. The van der Waals surface area contributed by atoms with E-state index in [9.17, 15) is 19.5 Å². The summed E-state index contributed by atoms with van der Waals surface area (Å²) in [4.78, 5) is 34.7. The zero-order valence-corrected chi connectivity index (χ0v) is 15.9. The number of imide groups is 1. The summed E-state index contributed by atoms with van der Waals surface area (Å²) in [5.74, 6) is -0.942. The molecule has 0 bridgehead atoms. The summed E-state index contributed by atoms with van der Waals surface area (Å²) < 4.78 is 10.7. The number of hydrogen-bond donors (Lipinski definition) is 2. The molecule has 2 aromatic carbocycles. The van der Waals surface area contributed by atoms with Gasteiger partial charge in [-0.1, -0.05) is 12.1 Å². The van der Waals surface area contributed by atoms with Crippen LogP contribution in [0.25, 0.3) is 0 Å². The van der Waals surface area contributed by atoms with E-state index in [1.165, 1.54) is 36.4 Å². The van der Waals surface area contributed by atoms with Crippen molar-refractivity contribution in [2.45, 2.75) is 0 Å². The Morgan fingerprint density at radius 1 is 0.885 bits per heavy atom. The molecule has 0 aromatic heterocycles. The van der Waals surface area contributed by atoms with Crippen molar-refractivity contribution in [2.24, 2.45) is 0 Å². The molecule has 0 saturated heterocycles. The number of nitrogens with one attached hydrogen (secondary N) is 2. The number of benzene rings is 2. The summed E-state index contributed by atoms with van der Waals surface area (Å²) in [5, 5.41) is 15.3. The molecule has 8 nitrogen and oxygen atoms in total. The molecule has 2 aromatic rings. The van der Waals surface area contributed by atoms with Gasteiger partial charge in [0.05, 0.1) is 5.97 Å². The average Bonchev–Trinajstić information content (AvgIpc) is 2.61. The molecule has 0 aliphatic carbocycles. The number of rotatable bonds is 3. The van der Waals surface area contributed by atoms with Crippen molar-refractivity contribution in [3.8, 4) is 11.5 Å². The molecule has 2 N–H and O–H groups in total. The van der Waals surface area contributed by atoms with Gasteiger partial charge in [-0.25, -0.2) is 4.79 Å².